The third-order valence-corrected chi connectivity index (χ3v) is 3.14. The van der Waals surface area contributed by atoms with Crippen molar-refractivity contribution in [3.8, 4) is 12.3 Å². The molecule has 0 saturated heterocycles. The van der Waals surface area contributed by atoms with Crippen molar-refractivity contribution in [2.75, 3.05) is 27.2 Å². The van der Waals surface area contributed by atoms with Gasteiger partial charge in [0, 0.05) is 5.56 Å². The van der Waals surface area contributed by atoms with Gasteiger partial charge in [0.25, 0.3) is 0 Å². The minimum Gasteiger partial charge on any atom is -0.385 e. The van der Waals surface area contributed by atoms with Crippen LogP contribution in [0, 0.1) is 12.3 Å². The molecule has 0 saturated carbocycles. The standard InChI is InChI=1S/C17H26NO2/c1-6-17(2,3)20-14-16(19)13-18(4,5)12-15-10-8-7-9-11-15/h1,7-11,16,19H,12-14H2,2-5H3/q+1/t16-/m0/s1. The Bertz CT molecular complexity index is 446. The third-order valence-electron chi connectivity index (χ3n) is 3.14. The van der Waals surface area contributed by atoms with Crippen molar-refractivity contribution in [3.63, 3.8) is 0 Å². The number of terminal acetylenes is 1. The minimum atomic E-state index is -0.627. The number of hydrogen-bond acceptors (Lipinski definition) is 2. The van der Waals surface area contributed by atoms with E-state index in [0.717, 1.165) is 6.54 Å². The molecule has 0 bridgehead atoms. The van der Waals surface area contributed by atoms with Crippen molar-refractivity contribution in [2.45, 2.75) is 32.1 Å². The highest BCUT2D eigenvalue weighted by Gasteiger charge is 2.23. The van der Waals surface area contributed by atoms with Gasteiger partial charge in [0.15, 0.2) is 0 Å². The first-order chi connectivity index (χ1) is 9.24. The Morgan fingerprint density at radius 2 is 1.90 bits per heavy atom. The predicted octanol–water partition coefficient (Wildman–Crippen LogP) is 2.05. The quantitative estimate of drug-likeness (QED) is 0.610. The number of rotatable bonds is 7. The molecule has 0 radical (unpaired) electrons. The third kappa shape index (κ3) is 6.21. The number of likely N-dealkylation sites (N-methyl/N-ethyl adjacent to an activating group) is 1. The summed E-state index contributed by atoms with van der Waals surface area (Å²) < 4.78 is 6.24. The van der Waals surface area contributed by atoms with Crippen molar-refractivity contribution in [2.24, 2.45) is 0 Å². The molecule has 0 aliphatic rings. The highest BCUT2D eigenvalue weighted by atomic mass is 16.5. The molecule has 0 amide bonds. The summed E-state index contributed by atoms with van der Waals surface area (Å²) in [5.74, 6) is 2.56. The summed E-state index contributed by atoms with van der Waals surface area (Å²) >= 11 is 0. The molecule has 0 unspecified atom stereocenters. The highest BCUT2D eigenvalue weighted by molar-refractivity contribution is 5.13. The first kappa shape index (κ1) is 16.7. The Kier molecular flexibility index (Phi) is 5.76. The second-order valence-electron chi connectivity index (χ2n) is 6.38. The van der Waals surface area contributed by atoms with E-state index < -0.39 is 11.7 Å². The molecule has 3 nitrogen and oxygen atoms in total. The fraction of sp³-hybridized carbons (Fsp3) is 0.529. The van der Waals surface area contributed by atoms with Gasteiger partial charge in [-0.3, -0.25) is 0 Å². The average molecular weight is 276 g/mol. The molecular formula is C17H26NO2+. The lowest BCUT2D eigenvalue weighted by Crippen LogP contribution is -2.46. The Morgan fingerprint density at radius 3 is 2.45 bits per heavy atom. The Balaban J connectivity index is 2.48. The second-order valence-corrected chi connectivity index (χ2v) is 6.38. The molecule has 0 fully saturated rings. The molecule has 0 aliphatic carbocycles. The molecule has 110 valence electrons. The number of ether oxygens (including phenoxy) is 1. The first-order valence-electron chi connectivity index (χ1n) is 6.90. The minimum absolute atomic E-state index is 0.258. The van der Waals surface area contributed by atoms with Crippen LogP contribution in [0.5, 0.6) is 0 Å². The maximum atomic E-state index is 10.1. The summed E-state index contributed by atoms with van der Waals surface area (Å²) in [6, 6.07) is 10.3. The molecule has 3 heteroatoms. The Hall–Kier alpha value is -1.34. The van der Waals surface area contributed by atoms with Crippen LogP contribution in [-0.2, 0) is 11.3 Å². The summed E-state index contributed by atoms with van der Waals surface area (Å²) in [5.41, 5.74) is 0.631. The van der Waals surface area contributed by atoms with E-state index in [1.165, 1.54) is 5.56 Å². The van der Waals surface area contributed by atoms with E-state index >= 15 is 0 Å². The highest BCUT2D eigenvalue weighted by Crippen LogP contribution is 2.12. The van der Waals surface area contributed by atoms with Gasteiger partial charge in [-0.05, 0) is 13.8 Å². The lowest BCUT2D eigenvalue weighted by molar-refractivity contribution is -0.906. The lowest BCUT2D eigenvalue weighted by atomic mass is 10.1. The number of nitrogens with zero attached hydrogens (tertiary/aromatic N) is 1. The maximum absolute atomic E-state index is 10.1. The van der Waals surface area contributed by atoms with Crippen LogP contribution in [0.4, 0.5) is 0 Å². The van der Waals surface area contributed by atoms with Crippen LogP contribution in [0.1, 0.15) is 19.4 Å². The Morgan fingerprint density at radius 1 is 1.30 bits per heavy atom. The van der Waals surface area contributed by atoms with E-state index in [-0.39, 0.29) is 6.61 Å². The number of hydrogen-bond donors (Lipinski definition) is 1. The van der Waals surface area contributed by atoms with Crippen LogP contribution in [0.25, 0.3) is 0 Å². The molecule has 20 heavy (non-hydrogen) atoms. The van der Waals surface area contributed by atoms with Crippen molar-refractivity contribution in [1.29, 1.82) is 0 Å². The van der Waals surface area contributed by atoms with Crippen LogP contribution >= 0.6 is 0 Å². The van der Waals surface area contributed by atoms with Gasteiger partial charge in [-0.1, -0.05) is 36.3 Å². The molecule has 1 N–H and O–H groups in total. The molecule has 0 aliphatic heterocycles. The van der Waals surface area contributed by atoms with E-state index in [2.05, 4.69) is 32.1 Å². The van der Waals surface area contributed by atoms with Crippen molar-refractivity contribution in [3.05, 3.63) is 35.9 Å². The number of benzene rings is 1. The number of quaternary nitrogens is 1. The SMILES string of the molecule is C#CC(C)(C)OC[C@@H](O)C[N+](C)(C)Cc1ccccc1. The van der Waals surface area contributed by atoms with E-state index in [1.54, 1.807) is 0 Å². The maximum Gasteiger partial charge on any atom is 0.126 e. The fourth-order valence-corrected chi connectivity index (χ4v) is 2.11. The van der Waals surface area contributed by atoms with Crippen LogP contribution < -0.4 is 0 Å². The van der Waals surface area contributed by atoms with Gasteiger partial charge in [-0.15, -0.1) is 6.42 Å². The summed E-state index contributed by atoms with van der Waals surface area (Å²) in [7, 11) is 4.20. The van der Waals surface area contributed by atoms with E-state index in [9.17, 15) is 5.11 Å². The van der Waals surface area contributed by atoms with E-state index in [1.807, 2.05) is 32.0 Å². The molecule has 1 aromatic rings. The zero-order valence-corrected chi connectivity index (χ0v) is 13.0. The van der Waals surface area contributed by atoms with Crippen molar-refractivity contribution in [1.82, 2.24) is 0 Å². The van der Waals surface area contributed by atoms with Gasteiger partial charge in [-0.25, -0.2) is 0 Å². The monoisotopic (exact) mass is 276 g/mol. The van der Waals surface area contributed by atoms with Gasteiger partial charge < -0.3 is 14.3 Å². The summed E-state index contributed by atoms with van der Waals surface area (Å²) in [4.78, 5) is 0. The Labute approximate surface area is 122 Å². The molecule has 1 aromatic carbocycles. The van der Waals surface area contributed by atoms with Crippen LogP contribution in [0.2, 0.25) is 0 Å². The van der Waals surface area contributed by atoms with Gasteiger partial charge in [0.05, 0.1) is 20.7 Å². The van der Waals surface area contributed by atoms with Crippen LogP contribution in [0.3, 0.4) is 0 Å². The zero-order chi connectivity index (χ0) is 15.2. The van der Waals surface area contributed by atoms with Crippen molar-refractivity contribution >= 4 is 0 Å². The normalized spacial score (nSPS) is 13.8. The van der Waals surface area contributed by atoms with E-state index in [0.29, 0.717) is 11.0 Å². The molecule has 0 aromatic heterocycles. The van der Waals surface area contributed by atoms with Crippen molar-refractivity contribution < 1.29 is 14.3 Å². The molecular weight excluding hydrogens is 250 g/mol. The molecule has 0 heterocycles. The van der Waals surface area contributed by atoms with Gasteiger partial charge >= 0.3 is 0 Å². The number of aliphatic hydroxyl groups is 1. The molecule has 1 atom stereocenters. The number of aliphatic hydroxyl groups excluding tert-OH is 1. The summed E-state index contributed by atoms with van der Waals surface area (Å²) in [6.45, 7) is 5.40. The van der Waals surface area contributed by atoms with Crippen LogP contribution in [-0.4, -0.2) is 48.5 Å². The van der Waals surface area contributed by atoms with Gasteiger partial charge in [-0.2, -0.15) is 0 Å². The topological polar surface area (TPSA) is 29.5 Å². The van der Waals surface area contributed by atoms with E-state index in [4.69, 9.17) is 11.2 Å². The zero-order valence-electron chi connectivity index (χ0n) is 13.0. The fourth-order valence-electron chi connectivity index (χ4n) is 2.11. The first-order valence-corrected chi connectivity index (χ1v) is 6.90. The average Bonchev–Trinajstić information content (AvgIpc) is 2.36. The van der Waals surface area contributed by atoms with Gasteiger partial charge in [0.1, 0.15) is 24.8 Å². The lowest BCUT2D eigenvalue weighted by Gasteiger charge is -2.32. The summed E-state index contributed by atoms with van der Waals surface area (Å²) in [5, 5.41) is 10.1. The van der Waals surface area contributed by atoms with Gasteiger partial charge in [0.2, 0.25) is 0 Å². The predicted molar refractivity (Wildman–Crippen MR) is 82.0 cm³/mol. The van der Waals surface area contributed by atoms with Crippen LogP contribution in [0.15, 0.2) is 30.3 Å². The largest absolute Gasteiger partial charge is 0.385 e. The molecule has 1 rings (SSSR count). The second kappa shape index (κ2) is 6.90. The smallest absolute Gasteiger partial charge is 0.126 e. The summed E-state index contributed by atoms with van der Waals surface area (Å²) in [6.07, 6.45) is 4.83. The molecule has 0 spiro atoms.